The first-order chi connectivity index (χ1) is 9.96. The lowest BCUT2D eigenvalue weighted by atomic mass is 10.2. The molecule has 3 N–H and O–H groups in total. The van der Waals surface area contributed by atoms with E-state index < -0.39 is 18.1 Å². The number of benzene rings is 1. The van der Waals surface area contributed by atoms with Gasteiger partial charge < -0.3 is 20.5 Å². The lowest BCUT2D eigenvalue weighted by Gasteiger charge is -2.14. The Bertz CT molecular complexity index is 571. The van der Waals surface area contributed by atoms with Crippen molar-refractivity contribution in [2.75, 3.05) is 19.0 Å². The summed E-state index contributed by atoms with van der Waals surface area (Å²) >= 11 is 5.90. The molecule has 0 saturated heterocycles. The van der Waals surface area contributed by atoms with Crippen molar-refractivity contribution in [1.82, 2.24) is 5.32 Å². The van der Waals surface area contributed by atoms with Crippen LogP contribution >= 0.6 is 11.6 Å². The number of urea groups is 1. The number of amides is 2. The van der Waals surface area contributed by atoms with Gasteiger partial charge in [0.1, 0.15) is 0 Å². The molecule has 0 fully saturated rings. The van der Waals surface area contributed by atoms with Gasteiger partial charge >= 0.3 is 12.0 Å². The minimum absolute atomic E-state index is 0.0319. The second-order valence-corrected chi connectivity index (χ2v) is 4.50. The number of methoxy groups -OCH3 is 1. The number of nitrogens with one attached hydrogen (secondary N) is 2. The van der Waals surface area contributed by atoms with Crippen LogP contribution in [0.1, 0.15) is 12.0 Å². The Balaban J connectivity index is 2.58. The second kappa shape index (κ2) is 8.09. The first kappa shape index (κ1) is 16.8. The molecule has 1 unspecified atom stereocenters. The van der Waals surface area contributed by atoms with Crippen molar-refractivity contribution < 1.29 is 19.4 Å². The first-order valence-electron chi connectivity index (χ1n) is 5.95. The highest BCUT2D eigenvalue weighted by atomic mass is 35.5. The van der Waals surface area contributed by atoms with Gasteiger partial charge in [0.25, 0.3) is 0 Å². The Kier molecular flexibility index (Phi) is 6.46. The van der Waals surface area contributed by atoms with E-state index in [0.717, 1.165) is 0 Å². The van der Waals surface area contributed by atoms with Crippen LogP contribution in [0.3, 0.4) is 0 Å². The van der Waals surface area contributed by atoms with E-state index in [4.69, 9.17) is 26.7 Å². The number of halogens is 1. The predicted molar refractivity (Wildman–Crippen MR) is 76.2 cm³/mol. The molecule has 1 aromatic carbocycles. The molecule has 21 heavy (non-hydrogen) atoms. The molecule has 0 spiro atoms. The fraction of sp³-hybridized carbons (Fsp3) is 0.308. The Morgan fingerprint density at radius 2 is 2.24 bits per heavy atom. The molecule has 0 aliphatic heterocycles. The number of hydrogen-bond donors (Lipinski definition) is 3. The fourth-order valence-electron chi connectivity index (χ4n) is 1.50. The predicted octanol–water partition coefficient (Wildman–Crippen LogP) is 1.82. The number of nitriles is 1. The zero-order valence-corrected chi connectivity index (χ0v) is 12.0. The van der Waals surface area contributed by atoms with Gasteiger partial charge in [-0.05, 0) is 18.2 Å². The van der Waals surface area contributed by atoms with Crippen molar-refractivity contribution in [3.63, 3.8) is 0 Å². The van der Waals surface area contributed by atoms with Crippen LogP contribution in [0.25, 0.3) is 0 Å². The molecule has 0 aromatic heterocycles. The molecular weight excluding hydrogens is 298 g/mol. The number of hydrogen-bond acceptors (Lipinski definition) is 4. The summed E-state index contributed by atoms with van der Waals surface area (Å²) in [5.74, 6) is -1.02. The minimum Gasteiger partial charge on any atom is -0.481 e. The summed E-state index contributed by atoms with van der Waals surface area (Å²) in [6.07, 6.45) is -0.851. The molecule has 2 amide bonds. The van der Waals surface area contributed by atoms with Gasteiger partial charge in [0.05, 0.1) is 34.9 Å². The highest BCUT2D eigenvalue weighted by Crippen LogP contribution is 2.22. The third kappa shape index (κ3) is 5.69. The molecular formula is C13H14ClN3O4. The normalized spacial score (nSPS) is 11.3. The lowest BCUT2D eigenvalue weighted by molar-refractivity contribution is -0.139. The fourth-order valence-corrected chi connectivity index (χ4v) is 1.66. The van der Waals surface area contributed by atoms with Crippen LogP contribution in [-0.2, 0) is 9.53 Å². The van der Waals surface area contributed by atoms with Crippen LogP contribution in [0.5, 0.6) is 0 Å². The summed E-state index contributed by atoms with van der Waals surface area (Å²) < 4.78 is 4.93. The molecule has 0 radical (unpaired) electrons. The molecule has 8 heteroatoms. The van der Waals surface area contributed by atoms with Crippen LogP contribution in [0.4, 0.5) is 10.5 Å². The topological polar surface area (TPSA) is 111 Å². The molecule has 0 heterocycles. The molecule has 0 saturated carbocycles. The maximum absolute atomic E-state index is 11.7. The number of carbonyl (C=O) groups is 2. The van der Waals surface area contributed by atoms with Crippen molar-refractivity contribution in [1.29, 1.82) is 5.26 Å². The van der Waals surface area contributed by atoms with E-state index in [1.54, 1.807) is 0 Å². The van der Waals surface area contributed by atoms with Crippen molar-refractivity contribution in [3.05, 3.63) is 28.8 Å². The average molecular weight is 312 g/mol. The summed E-state index contributed by atoms with van der Waals surface area (Å²) in [7, 11) is 1.36. The summed E-state index contributed by atoms with van der Waals surface area (Å²) in [6.45, 7) is 0.0319. The number of carbonyl (C=O) groups excluding carboxylic acids is 1. The van der Waals surface area contributed by atoms with E-state index >= 15 is 0 Å². The molecule has 7 nitrogen and oxygen atoms in total. The van der Waals surface area contributed by atoms with Crippen LogP contribution in [-0.4, -0.2) is 36.9 Å². The van der Waals surface area contributed by atoms with Crippen LogP contribution in [0, 0.1) is 11.3 Å². The van der Waals surface area contributed by atoms with Crippen molar-refractivity contribution in [2.45, 2.75) is 12.5 Å². The first-order valence-corrected chi connectivity index (χ1v) is 6.33. The van der Waals surface area contributed by atoms with Gasteiger partial charge in [0.2, 0.25) is 0 Å². The Morgan fingerprint density at radius 3 is 2.81 bits per heavy atom. The minimum atomic E-state index is -1.02. The molecule has 1 atom stereocenters. The van der Waals surface area contributed by atoms with E-state index in [1.165, 1.54) is 25.3 Å². The summed E-state index contributed by atoms with van der Waals surface area (Å²) in [4.78, 5) is 22.3. The Labute approximate surface area is 126 Å². The van der Waals surface area contributed by atoms with E-state index in [0.29, 0.717) is 11.3 Å². The summed E-state index contributed by atoms with van der Waals surface area (Å²) in [5, 5.41) is 22.7. The molecule has 0 aliphatic carbocycles. The lowest BCUT2D eigenvalue weighted by Crippen LogP contribution is -2.37. The third-order valence-corrected chi connectivity index (χ3v) is 2.90. The molecule has 0 bridgehead atoms. The van der Waals surface area contributed by atoms with Crippen LogP contribution in [0.2, 0.25) is 5.02 Å². The number of aliphatic carboxylic acids is 1. The van der Waals surface area contributed by atoms with E-state index in [1.807, 2.05) is 6.07 Å². The van der Waals surface area contributed by atoms with Crippen molar-refractivity contribution >= 4 is 29.3 Å². The molecule has 0 aliphatic rings. The maximum Gasteiger partial charge on any atom is 0.319 e. The van der Waals surface area contributed by atoms with E-state index in [9.17, 15) is 9.59 Å². The quantitative estimate of drug-likeness (QED) is 0.742. The molecule has 112 valence electrons. The van der Waals surface area contributed by atoms with E-state index in [2.05, 4.69) is 10.6 Å². The number of nitrogens with zero attached hydrogens (tertiary/aromatic N) is 1. The van der Waals surface area contributed by atoms with Crippen molar-refractivity contribution in [3.8, 4) is 6.07 Å². The van der Waals surface area contributed by atoms with Gasteiger partial charge in [-0.25, -0.2) is 4.79 Å². The number of rotatable bonds is 6. The zero-order chi connectivity index (χ0) is 15.8. The maximum atomic E-state index is 11.7. The number of anilines is 1. The number of carboxylic acid groups (broad SMARTS) is 1. The van der Waals surface area contributed by atoms with Gasteiger partial charge in [-0.1, -0.05) is 11.6 Å². The van der Waals surface area contributed by atoms with Crippen LogP contribution < -0.4 is 10.6 Å². The summed E-state index contributed by atoms with van der Waals surface area (Å²) in [6, 6.07) is 5.83. The largest absolute Gasteiger partial charge is 0.481 e. The van der Waals surface area contributed by atoms with Crippen molar-refractivity contribution in [2.24, 2.45) is 0 Å². The highest BCUT2D eigenvalue weighted by Gasteiger charge is 2.14. The average Bonchev–Trinajstić information content (AvgIpc) is 2.45. The standard InChI is InChI=1S/C13H14ClN3O4/c1-21-9(5-12(18)19)7-16-13(20)17-11-4-8(6-15)2-3-10(11)14/h2-4,9H,5,7H2,1H3,(H,18,19)(H2,16,17,20). The van der Waals surface area contributed by atoms with Gasteiger partial charge in [-0.15, -0.1) is 0 Å². The van der Waals surface area contributed by atoms with Crippen LogP contribution in [0.15, 0.2) is 18.2 Å². The SMILES string of the molecule is COC(CNC(=O)Nc1cc(C#N)ccc1Cl)CC(=O)O. The monoisotopic (exact) mass is 311 g/mol. The second-order valence-electron chi connectivity index (χ2n) is 4.10. The third-order valence-electron chi connectivity index (χ3n) is 2.57. The number of ether oxygens (including phenoxy) is 1. The highest BCUT2D eigenvalue weighted by molar-refractivity contribution is 6.33. The van der Waals surface area contributed by atoms with Gasteiger partial charge in [0, 0.05) is 13.7 Å². The molecule has 1 rings (SSSR count). The Morgan fingerprint density at radius 1 is 1.52 bits per heavy atom. The van der Waals surface area contributed by atoms with E-state index in [-0.39, 0.29) is 18.0 Å². The summed E-state index contributed by atoms with van der Waals surface area (Å²) in [5.41, 5.74) is 0.649. The van der Waals surface area contributed by atoms with Gasteiger partial charge in [-0.2, -0.15) is 5.26 Å². The molecule has 1 aromatic rings. The zero-order valence-electron chi connectivity index (χ0n) is 11.2. The van der Waals surface area contributed by atoms with Gasteiger partial charge in [0.15, 0.2) is 0 Å². The Hall–Kier alpha value is -2.30. The number of carboxylic acids is 1. The van der Waals surface area contributed by atoms with Gasteiger partial charge in [-0.3, -0.25) is 4.79 Å². The smallest absolute Gasteiger partial charge is 0.319 e.